The molecule has 0 aliphatic rings. The van der Waals surface area contributed by atoms with Gasteiger partial charge >= 0.3 is 6.16 Å². The number of carbonyl (C=O) groups is 1. The zero-order valence-electron chi connectivity index (χ0n) is 10.6. The topological polar surface area (TPSA) is 55.8 Å². The fraction of sp³-hybridized carbons (Fsp3) is 0.462. The number of hydrogen-bond acceptors (Lipinski definition) is 4. The summed E-state index contributed by atoms with van der Waals surface area (Å²) >= 11 is 0. The molecule has 0 aromatic heterocycles. The number of hydrogen-bond donors (Lipinski definition) is 1. The molecule has 0 unspecified atom stereocenters. The van der Waals surface area contributed by atoms with Crippen molar-refractivity contribution < 1.29 is 19.4 Å². The van der Waals surface area contributed by atoms with Crippen LogP contribution in [0.25, 0.3) is 0 Å². The van der Waals surface area contributed by atoms with Crippen LogP contribution >= 0.6 is 0 Å². The fourth-order valence-corrected chi connectivity index (χ4v) is 1.27. The zero-order chi connectivity index (χ0) is 13.1. The van der Waals surface area contributed by atoms with Crippen LogP contribution in [0.3, 0.4) is 0 Å². The third kappa shape index (κ3) is 4.34. The highest BCUT2D eigenvalue weighted by molar-refractivity contribution is 5.64. The summed E-state index contributed by atoms with van der Waals surface area (Å²) in [5.41, 5.74) is 0.212. The maximum atomic E-state index is 11.4. The quantitative estimate of drug-likeness (QED) is 0.634. The Morgan fingerprint density at radius 2 is 2.00 bits per heavy atom. The molecule has 0 saturated carbocycles. The predicted molar refractivity (Wildman–Crippen MR) is 64.3 cm³/mol. The van der Waals surface area contributed by atoms with Gasteiger partial charge in [-0.1, -0.05) is 13.0 Å². The van der Waals surface area contributed by atoms with Gasteiger partial charge in [-0.15, -0.1) is 0 Å². The molecule has 4 nitrogen and oxygen atoms in total. The van der Waals surface area contributed by atoms with E-state index in [2.05, 4.69) is 0 Å². The standard InChI is InChI=1S/C13H18O4/c1-5-9-6-7-10(8-11(9)14)16-12(15)17-13(2,3)4/h6-8,14H,5H2,1-4H3. The smallest absolute Gasteiger partial charge is 0.508 e. The second-order valence-electron chi connectivity index (χ2n) is 4.71. The molecule has 0 saturated heterocycles. The average Bonchev–Trinajstić information content (AvgIpc) is 2.14. The minimum atomic E-state index is -0.777. The molecule has 1 aromatic carbocycles. The first-order valence-corrected chi connectivity index (χ1v) is 5.54. The number of aromatic hydroxyl groups is 1. The average molecular weight is 238 g/mol. The summed E-state index contributed by atoms with van der Waals surface area (Å²) in [6, 6.07) is 4.75. The molecule has 0 heterocycles. The van der Waals surface area contributed by atoms with Gasteiger partial charge in [0.1, 0.15) is 17.1 Å². The van der Waals surface area contributed by atoms with E-state index in [9.17, 15) is 9.90 Å². The van der Waals surface area contributed by atoms with Crippen LogP contribution in [-0.4, -0.2) is 16.9 Å². The molecule has 0 fully saturated rings. The molecule has 1 N–H and O–H groups in total. The molecule has 0 spiro atoms. The Bertz CT molecular complexity index is 404. The van der Waals surface area contributed by atoms with E-state index >= 15 is 0 Å². The number of phenolic OH excluding ortho intramolecular Hbond substituents is 1. The largest absolute Gasteiger partial charge is 0.514 e. The Morgan fingerprint density at radius 1 is 1.35 bits per heavy atom. The summed E-state index contributed by atoms with van der Waals surface area (Å²) in [7, 11) is 0. The van der Waals surface area contributed by atoms with Crippen molar-refractivity contribution in [2.24, 2.45) is 0 Å². The third-order valence-electron chi connectivity index (χ3n) is 2.03. The van der Waals surface area contributed by atoms with Crippen LogP contribution in [0.15, 0.2) is 18.2 Å². The van der Waals surface area contributed by atoms with E-state index in [1.165, 1.54) is 6.07 Å². The van der Waals surface area contributed by atoms with Gasteiger partial charge in [-0.3, -0.25) is 0 Å². The van der Waals surface area contributed by atoms with Crippen molar-refractivity contribution in [2.75, 3.05) is 0 Å². The van der Waals surface area contributed by atoms with E-state index in [-0.39, 0.29) is 11.5 Å². The highest BCUT2D eigenvalue weighted by atomic mass is 16.7. The normalized spacial score (nSPS) is 11.1. The van der Waals surface area contributed by atoms with Crippen molar-refractivity contribution in [3.05, 3.63) is 23.8 Å². The van der Waals surface area contributed by atoms with Gasteiger partial charge in [-0.25, -0.2) is 4.79 Å². The summed E-state index contributed by atoms with van der Waals surface area (Å²) in [4.78, 5) is 11.4. The first kappa shape index (κ1) is 13.4. The van der Waals surface area contributed by atoms with E-state index in [0.717, 1.165) is 12.0 Å². The minimum absolute atomic E-state index is 0.119. The molecule has 94 valence electrons. The SMILES string of the molecule is CCc1ccc(OC(=O)OC(C)(C)C)cc1O. The number of rotatable bonds is 2. The van der Waals surface area contributed by atoms with E-state index in [1.54, 1.807) is 32.9 Å². The van der Waals surface area contributed by atoms with Crippen molar-refractivity contribution >= 4 is 6.16 Å². The first-order valence-electron chi connectivity index (χ1n) is 5.54. The van der Waals surface area contributed by atoms with E-state index < -0.39 is 11.8 Å². The van der Waals surface area contributed by atoms with Crippen LogP contribution in [-0.2, 0) is 11.2 Å². The molecule has 1 aromatic rings. The van der Waals surface area contributed by atoms with Crippen LogP contribution < -0.4 is 4.74 Å². The van der Waals surface area contributed by atoms with Crippen molar-refractivity contribution in [1.82, 2.24) is 0 Å². The van der Waals surface area contributed by atoms with E-state index in [4.69, 9.17) is 9.47 Å². The molecular formula is C13H18O4. The summed E-state index contributed by atoms with van der Waals surface area (Å²) in [5.74, 6) is 0.391. The lowest BCUT2D eigenvalue weighted by atomic mass is 10.1. The van der Waals surface area contributed by atoms with Crippen LogP contribution in [0, 0.1) is 0 Å². The van der Waals surface area contributed by atoms with Crippen LogP contribution in [0.1, 0.15) is 33.3 Å². The number of carbonyl (C=O) groups excluding carboxylic acids is 1. The molecule has 0 bridgehead atoms. The molecule has 0 amide bonds. The lowest BCUT2D eigenvalue weighted by Crippen LogP contribution is -2.25. The van der Waals surface area contributed by atoms with Gasteiger partial charge in [0.2, 0.25) is 0 Å². The molecule has 4 heteroatoms. The lowest BCUT2D eigenvalue weighted by Gasteiger charge is -2.18. The zero-order valence-corrected chi connectivity index (χ0v) is 10.6. The molecule has 0 atom stereocenters. The van der Waals surface area contributed by atoms with Gasteiger partial charge in [-0.2, -0.15) is 0 Å². The van der Waals surface area contributed by atoms with Crippen molar-refractivity contribution in [2.45, 2.75) is 39.7 Å². The van der Waals surface area contributed by atoms with Crippen LogP contribution in [0.2, 0.25) is 0 Å². The van der Waals surface area contributed by atoms with E-state index in [0.29, 0.717) is 0 Å². The van der Waals surface area contributed by atoms with Gasteiger partial charge in [0.15, 0.2) is 0 Å². The van der Waals surface area contributed by atoms with Crippen molar-refractivity contribution in [3.8, 4) is 11.5 Å². The Labute approximate surface area is 101 Å². The molecule has 0 radical (unpaired) electrons. The molecule has 1 rings (SSSR count). The fourth-order valence-electron chi connectivity index (χ4n) is 1.27. The third-order valence-corrected chi connectivity index (χ3v) is 2.03. The molecule has 17 heavy (non-hydrogen) atoms. The van der Waals surface area contributed by atoms with Gasteiger partial charge in [0.05, 0.1) is 0 Å². The Morgan fingerprint density at radius 3 is 2.47 bits per heavy atom. The summed E-state index contributed by atoms with van der Waals surface area (Å²) < 4.78 is 9.94. The number of phenols is 1. The van der Waals surface area contributed by atoms with Crippen LogP contribution in [0.4, 0.5) is 4.79 Å². The molecular weight excluding hydrogens is 220 g/mol. The minimum Gasteiger partial charge on any atom is -0.508 e. The Balaban J connectivity index is 2.69. The lowest BCUT2D eigenvalue weighted by molar-refractivity contribution is 0.0206. The molecule has 0 aliphatic heterocycles. The van der Waals surface area contributed by atoms with Gasteiger partial charge in [0.25, 0.3) is 0 Å². The number of aryl methyl sites for hydroxylation is 1. The summed E-state index contributed by atoms with van der Waals surface area (Å²) in [6.45, 7) is 7.20. The first-order chi connectivity index (χ1) is 7.81. The van der Waals surface area contributed by atoms with Crippen molar-refractivity contribution in [1.29, 1.82) is 0 Å². The number of ether oxygens (including phenoxy) is 2. The number of benzene rings is 1. The molecule has 0 aliphatic carbocycles. The van der Waals surface area contributed by atoms with Gasteiger partial charge < -0.3 is 14.6 Å². The highest BCUT2D eigenvalue weighted by Crippen LogP contribution is 2.24. The summed E-state index contributed by atoms with van der Waals surface area (Å²) in [6.07, 6.45) is -0.0559. The van der Waals surface area contributed by atoms with Crippen LogP contribution in [0.5, 0.6) is 11.5 Å². The second-order valence-corrected chi connectivity index (χ2v) is 4.71. The van der Waals surface area contributed by atoms with Crippen molar-refractivity contribution in [3.63, 3.8) is 0 Å². The van der Waals surface area contributed by atoms with E-state index in [1.807, 2.05) is 6.92 Å². The predicted octanol–water partition coefficient (Wildman–Crippen LogP) is 3.27. The van der Waals surface area contributed by atoms with Gasteiger partial charge in [-0.05, 0) is 38.8 Å². The maximum Gasteiger partial charge on any atom is 0.514 e. The maximum absolute atomic E-state index is 11.4. The highest BCUT2D eigenvalue weighted by Gasteiger charge is 2.18. The Hall–Kier alpha value is -1.71. The monoisotopic (exact) mass is 238 g/mol. The summed E-state index contributed by atoms with van der Waals surface area (Å²) in [5, 5.41) is 9.60. The second kappa shape index (κ2) is 5.08. The van der Waals surface area contributed by atoms with Gasteiger partial charge in [0, 0.05) is 6.07 Å². The Kier molecular flexibility index (Phi) is 3.99.